The number of rotatable bonds is 7. The van der Waals surface area contributed by atoms with E-state index in [0.717, 1.165) is 4.90 Å². The van der Waals surface area contributed by atoms with Crippen LogP contribution in [-0.2, 0) is 4.79 Å². The number of hydrogen-bond donors (Lipinski definition) is 2. The van der Waals surface area contributed by atoms with Crippen LogP contribution in [0.2, 0.25) is 0 Å². The molecule has 3 rings (SSSR count). The van der Waals surface area contributed by atoms with Gasteiger partial charge in [0, 0.05) is 10.6 Å². The van der Waals surface area contributed by atoms with Crippen LogP contribution in [-0.4, -0.2) is 23.5 Å². The number of nitrogens with one attached hydrogen (secondary N) is 2. The monoisotopic (exact) mass is 405 g/mol. The highest BCUT2D eigenvalue weighted by atomic mass is 32.2. The summed E-state index contributed by atoms with van der Waals surface area (Å²) in [5.74, 6) is -1.72. The van der Waals surface area contributed by atoms with Crippen molar-refractivity contribution in [2.24, 2.45) is 0 Å². The normalized spacial score (nSPS) is 10.2. The average molecular weight is 405 g/mol. The molecule has 3 aromatic carbocycles. The Kier molecular flexibility index (Phi) is 6.65. The minimum Gasteiger partial charge on any atom is -0.545 e. The fourth-order valence-corrected chi connectivity index (χ4v) is 3.25. The molecule has 2 N–H and O–H groups in total. The van der Waals surface area contributed by atoms with Gasteiger partial charge in [0.1, 0.15) is 0 Å². The van der Waals surface area contributed by atoms with E-state index in [1.807, 2.05) is 30.3 Å². The van der Waals surface area contributed by atoms with Gasteiger partial charge in [0.25, 0.3) is 5.91 Å². The molecule has 0 unspecified atom stereocenters. The number of benzene rings is 3. The number of carboxylic acids is 1. The topological polar surface area (TPSA) is 98.3 Å². The number of carbonyl (C=O) groups is 3. The van der Waals surface area contributed by atoms with E-state index in [1.54, 1.807) is 24.3 Å². The van der Waals surface area contributed by atoms with Gasteiger partial charge in [-0.3, -0.25) is 9.59 Å². The molecule has 3 aromatic rings. The van der Waals surface area contributed by atoms with Gasteiger partial charge in [-0.05, 0) is 42.0 Å². The van der Waals surface area contributed by atoms with E-state index in [9.17, 15) is 19.5 Å². The van der Waals surface area contributed by atoms with Crippen LogP contribution in [0.15, 0.2) is 83.8 Å². The zero-order valence-electron chi connectivity index (χ0n) is 15.3. The molecular formula is C22H17N2O4S-. The maximum atomic E-state index is 12.6. The molecule has 0 aliphatic heterocycles. The van der Waals surface area contributed by atoms with Crippen LogP contribution in [0.5, 0.6) is 0 Å². The molecule has 0 saturated carbocycles. The summed E-state index contributed by atoms with van der Waals surface area (Å²) in [4.78, 5) is 36.7. The third-order valence-corrected chi connectivity index (χ3v) is 4.95. The first-order valence-corrected chi connectivity index (χ1v) is 9.71. The molecule has 7 heteroatoms. The molecular weight excluding hydrogens is 388 g/mol. The Hall–Kier alpha value is -3.58. The third kappa shape index (κ3) is 5.70. The van der Waals surface area contributed by atoms with Crippen molar-refractivity contribution in [2.45, 2.75) is 4.90 Å². The minimum absolute atomic E-state index is 0.0200. The van der Waals surface area contributed by atoms with Crippen LogP contribution in [0.3, 0.4) is 0 Å². The Balaban J connectivity index is 1.65. The first kappa shape index (κ1) is 20.2. The molecule has 0 fully saturated rings. The van der Waals surface area contributed by atoms with Crippen molar-refractivity contribution in [1.82, 2.24) is 0 Å². The van der Waals surface area contributed by atoms with E-state index in [2.05, 4.69) is 10.6 Å². The van der Waals surface area contributed by atoms with Gasteiger partial charge in [-0.2, -0.15) is 0 Å². The predicted molar refractivity (Wildman–Crippen MR) is 111 cm³/mol. The molecule has 0 radical (unpaired) electrons. The van der Waals surface area contributed by atoms with Gasteiger partial charge >= 0.3 is 0 Å². The van der Waals surface area contributed by atoms with Crippen LogP contribution in [0.1, 0.15) is 20.7 Å². The van der Waals surface area contributed by atoms with Gasteiger partial charge in [-0.15, -0.1) is 11.8 Å². The summed E-state index contributed by atoms with van der Waals surface area (Å²) >= 11 is 1.40. The largest absolute Gasteiger partial charge is 0.545 e. The summed E-state index contributed by atoms with van der Waals surface area (Å²) in [6.07, 6.45) is 0. The molecule has 0 aliphatic carbocycles. The molecule has 0 aromatic heterocycles. The van der Waals surface area contributed by atoms with Crippen LogP contribution in [0.25, 0.3) is 0 Å². The van der Waals surface area contributed by atoms with E-state index in [0.29, 0.717) is 16.9 Å². The lowest BCUT2D eigenvalue weighted by Crippen LogP contribution is -2.22. The second-order valence-electron chi connectivity index (χ2n) is 6.01. The number of carboxylic acid groups (broad SMARTS) is 1. The van der Waals surface area contributed by atoms with Crippen molar-refractivity contribution in [3.63, 3.8) is 0 Å². The van der Waals surface area contributed by atoms with Crippen molar-refractivity contribution in [3.05, 3.63) is 90.0 Å². The van der Waals surface area contributed by atoms with Gasteiger partial charge in [0.05, 0.1) is 23.0 Å². The fraction of sp³-hybridized carbons (Fsp3) is 0.0455. The second kappa shape index (κ2) is 9.57. The van der Waals surface area contributed by atoms with Crippen molar-refractivity contribution < 1.29 is 19.5 Å². The Morgan fingerprint density at radius 2 is 1.45 bits per heavy atom. The molecule has 0 heterocycles. The Morgan fingerprint density at radius 1 is 0.793 bits per heavy atom. The highest BCUT2D eigenvalue weighted by molar-refractivity contribution is 8.00. The number of hydrogen-bond acceptors (Lipinski definition) is 5. The number of thioether (sulfide) groups is 1. The summed E-state index contributed by atoms with van der Waals surface area (Å²) < 4.78 is 0. The second-order valence-corrected chi connectivity index (χ2v) is 7.06. The molecule has 0 spiro atoms. The van der Waals surface area contributed by atoms with Crippen LogP contribution in [0.4, 0.5) is 11.4 Å². The van der Waals surface area contributed by atoms with E-state index >= 15 is 0 Å². The third-order valence-electron chi connectivity index (χ3n) is 3.94. The lowest BCUT2D eigenvalue weighted by atomic mass is 10.1. The summed E-state index contributed by atoms with van der Waals surface area (Å²) in [5, 5.41) is 16.3. The Morgan fingerprint density at radius 3 is 2.14 bits per heavy atom. The van der Waals surface area contributed by atoms with Crippen molar-refractivity contribution in [2.75, 3.05) is 16.4 Å². The average Bonchev–Trinajstić information content (AvgIpc) is 2.74. The minimum atomic E-state index is -1.29. The first-order valence-electron chi connectivity index (χ1n) is 8.72. The number of para-hydroxylation sites is 1. The number of aromatic carboxylic acids is 1. The molecule has 0 aliphatic rings. The smallest absolute Gasteiger partial charge is 0.257 e. The van der Waals surface area contributed by atoms with Crippen LogP contribution >= 0.6 is 11.8 Å². The number of carbonyl (C=O) groups excluding carboxylic acids is 3. The van der Waals surface area contributed by atoms with Gasteiger partial charge in [0.15, 0.2) is 0 Å². The van der Waals surface area contributed by atoms with Crippen LogP contribution < -0.4 is 15.7 Å². The van der Waals surface area contributed by atoms with Gasteiger partial charge in [0.2, 0.25) is 5.91 Å². The van der Waals surface area contributed by atoms with E-state index in [1.165, 1.54) is 36.0 Å². The molecule has 146 valence electrons. The van der Waals surface area contributed by atoms with E-state index in [-0.39, 0.29) is 17.2 Å². The van der Waals surface area contributed by atoms with E-state index in [4.69, 9.17) is 0 Å². The van der Waals surface area contributed by atoms with Gasteiger partial charge in [-0.25, -0.2) is 0 Å². The molecule has 6 nitrogen and oxygen atoms in total. The highest BCUT2D eigenvalue weighted by Crippen LogP contribution is 2.20. The van der Waals surface area contributed by atoms with E-state index < -0.39 is 11.9 Å². The summed E-state index contributed by atoms with van der Waals surface area (Å²) in [6.45, 7) is 0. The predicted octanol–water partition coefficient (Wildman–Crippen LogP) is 3.03. The first-order chi connectivity index (χ1) is 14.0. The van der Waals surface area contributed by atoms with Gasteiger partial charge < -0.3 is 20.5 Å². The van der Waals surface area contributed by atoms with Crippen molar-refractivity contribution in [3.8, 4) is 0 Å². The zero-order chi connectivity index (χ0) is 20.6. The van der Waals surface area contributed by atoms with Crippen molar-refractivity contribution in [1.29, 1.82) is 0 Å². The highest BCUT2D eigenvalue weighted by Gasteiger charge is 2.13. The SMILES string of the molecule is O=C(CSc1ccccc1)Nc1ccccc1C(=O)Nc1ccc(C(=O)[O-])cc1. The molecule has 0 saturated heterocycles. The quantitative estimate of drug-likeness (QED) is 0.589. The Labute approximate surface area is 172 Å². The summed E-state index contributed by atoms with van der Waals surface area (Å²) in [7, 11) is 0. The van der Waals surface area contributed by atoms with Crippen LogP contribution in [0, 0.1) is 0 Å². The van der Waals surface area contributed by atoms with Crippen molar-refractivity contribution >= 4 is 40.9 Å². The number of amides is 2. The summed E-state index contributed by atoms with van der Waals surface area (Å²) in [6, 6.07) is 21.9. The maximum absolute atomic E-state index is 12.6. The zero-order valence-corrected chi connectivity index (χ0v) is 16.1. The molecule has 0 bridgehead atoms. The summed E-state index contributed by atoms with van der Waals surface area (Å²) in [5.41, 5.74) is 1.15. The fourth-order valence-electron chi connectivity index (χ4n) is 2.53. The standard InChI is InChI=1S/C22H18N2O4S/c25-20(14-29-17-6-2-1-3-7-17)24-19-9-5-4-8-18(19)21(26)23-16-12-10-15(11-13-16)22(27)28/h1-13H,14H2,(H,23,26)(H,24,25)(H,27,28)/p-1. The Bertz CT molecular complexity index is 1020. The maximum Gasteiger partial charge on any atom is 0.257 e. The molecule has 29 heavy (non-hydrogen) atoms. The lowest BCUT2D eigenvalue weighted by molar-refractivity contribution is -0.255. The molecule has 0 atom stereocenters. The lowest BCUT2D eigenvalue weighted by Gasteiger charge is -2.12. The molecule has 2 amide bonds. The van der Waals surface area contributed by atoms with Gasteiger partial charge in [-0.1, -0.05) is 42.5 Å². The number of anilines is 2.